The van der Waals surface area contributed by atoms with Crippen LogP contribution < -0.4 is 9.64 Å². The lowest BCUT2D eigenvalue weighted by Gasteiger charge is -2.29. The van der Waals surface area contributed by atoms with Gasteiger partial charge in [0.1, 0.15) is 0 Å². The van der Waals surface area contributed by atoms with E-state index in [4.69, 9.17) is 21.4 Å². The molecule has 0 saturated heterocycles. The molecule has 9 heteroatoms. The molecule has 3 rings (SSSR count). The Balaban J connectivity index is 1.98. The van der Waals surface area contributed by atoms with E-state index in [0.717, 1.165) is 0 Å². The number of ether oxygens (including phenoxy) is 1. The number of alkyl halides is 3. The predicted molar refractivity (Wildman–Crippen MR) is 103 cm³/mol. The fourth-order valence-corrected chi connectivity index (χ4v) is 2.97. The summed E-state index contributed by atoms with van der Waals surface area (Å²) in [5.41, 5.74) is 1.66. The minimum Gasteiger partial charge on any atom is -0.478 e. The van der Waals surface area contributed by atoms with E-state index < -0.39 is 18.8 Å². The minimum absolute atomic E-state index is 0.157. The molecular formula is C20H16ClF3N2O3. The minimum atomic E-state index is -4.50. The molecule has 5 nitrogen and oxygen atoms in total. The number of benzene rings is 1. The lowest BCUT2D eigenvalue weighted by atomic mass is 10.0. The smallest absolute Gasteiger partial charge is 0.422 e. The first kappa shape index (κ1) is 20.7. The second-order valence-electron chi connectivity index (χ2n) is 6.35. The zero-order valence-electron chi connectivity index (χ0n) is 15.2. The van der Waals surface area contributed by atoms with Crippen molar-refractivity contribution in [1.29, 1.82) is 0 Å². The van der Waals surface area contributed by atoms with E-state index in [-0.39, 0.29) is 17.5 Å². The fourth-order valence-electron chi connectivity index (χ4n) is 2.84. The summed E-state index contributed by atoms with van der Waals surface area (Å²) in [5.74, 6) is -1.20. The lowest BCUT2D eigenvalue weighted by molar-refractivity contribution is -0.154. The number of hydrogen-bond donors (Lipinski definition) is 1. The normalized spacial score (nSPS) is 16.5. The third-order valence-electron chi connectivity index (χ3n) is 4.18. The van der Waals surface area contributed by atoms with Gasteiger partial charge in [0.25, 0.3) is 0 Å². The highest BCUT2D eigenvalue weighted by atomic mass is 35.5. The van der Waals surface area contributed by atoms with Crippen LogP contribution in [0.15, 0.2) is 60.5 Å². The molecule has 0 saturated carbocycles. The van der Waals surface area contributed by atoms with Crippen LogP contribution in [0.2, 0.25) is 5.02 Å². The van der Waals surface area contributed by atoms with Gasteiger partial charge in [0.15, 0.2) is 6.61 Å². The Hall–Kier alpha value is -3.00. The molecule has 1 aliphatic heterocycles. The maximum atomic E-state index is 12.6. The number of rotatable bonds is 5. The first-order valence-electron chi connectivity index (χ1n) is 8.51. The van der Waals surface area contributed by atoms with Gasteiger partial charge in [-0.3, -0.25) is 0 Å². The van der Waals surface area contributed by atoms with Gasteiger partial charge in [-0.15, -0.1) is 0 Å². The average Bonchev–Trinajstić information content (AvgIpc) is 2.66. The molecule has 2 aromatic rings. The number of hydrogen-bond acceptors (Lipinski definition) is 4. The van der Waals surface area contributed by atoms with E-state index in [1.807, 2.05) is 0 Å². The van der Waals surface area contributed by atoms with E-state index in [2.05, 4.69) is 4.98 Å². The molecule has 0 fully saturated rings. The number of anilines is 1. The van der Waals surface area contributed by atoms with Crippen molar-refractivity contribution in [2.75, 3.05) is 11.5 Å². The molecule has 152 valence electrons. The Bertz CT molecular complexity index is 972. The van der Waals surface area contributed by atoms with Gasteiger partial charge in [-0.2, -0.15) is 13.2 Å². The van der Waals surface area contributed by atoms with Crippen molar-refractivity contribution in [1.82, 2.24) is 4.98 Å². The van der Waals surface area contributed by atoms with Crippen LogP contribution >= 0.6 is 11.6 Å². The molecule has 1 atom stereocenters. The van der Waals surface area contributed by atoms with E-state index in [1.165, 1.54) is 12.3 Å². The van der Waals surface area contributed by atoms with Gasteiger partial charge >= 0.3 is 12.1 Å². The summed E-state index contributed by atoms with van der Waals surface area (Å²) in [6.07, 6.45) is 1.48. The Labute approximate surface area is 169 Å². The summed E-state index contributed by atoms with van der Waals surface area (Å²) in [6.45, 7) is 0.327. The second kappa shape index (κ2) is 8.16. The summed E-state index contributed by atoms with van der Waals surface area (Å²) in [6, 6.07) is 7.88. The Morgan fingerprint density at radius 2 is 2.00 bits per heavy atom. The molecule has 2 heterocycles. The zero-order chi connectivity index (χ0) is 21.2. The quantitative estimate of drug-likeness (QED) is 0.725. The first-order chi connectivity index (χ1) is 13.6. The van der Waals surface area contributed by atoms with Gasteiger partial charge in [0, 0.05) is 22.8 Å². The van der Waals surface area contributed by atoms with Gasteiger partial charge in [0.05, 0.1) is 17.5 Å². The van der Waals surface area contributed by atoms with Gasteiger partial charge in [-0.05, 0) is 42.8 Å². The summed E-state index contributed by atoms with van der Waals surface area (Å²) in [7, 11) is 0. The van der Waals surface area contributed by atoms with Crippen LogP contribution in [0.5, 0.6) is 5.88 Å². The Morgan fingerprint density at radius 1 is 1.31 bits per heavy atom. The van der Waals surface area contributed by atoms with Gasteiger partial charge in [-0.25, -0.2) is 9.78 Å². The number of pyridine rings is 1. The first-order valence-corrected chi connectivity index (χ1v) is 8.89. The number of carbonyl (C=O) groups is 1. The van der Waals surface area contributed by atoms with E-state index in [0.29, 0.717) is 21.8 Å². The number of aromatic nitrogens is 1. The van der Waals surface area contributed by atoms with Crippen molar-refractivity contribution in [3.63, 3.8) is 0 Å². The molecule has 0 amide bonds. The lowest BCUT2D eigenvalue weighted by Crippen LogP contribution is -2.29. The summed E-state index contributed by atoms with van der Waals surface area (Å²) in [4.78, 5) is 17.0. The molecular weight excluding hydrogens is 409 g/mol. The van der Waals surface area contributed by atoms with Crippen LogP contribution in [0.1, 0.15) is 6.92 Å². The topological polar surface area (TPSA) is 62.7 Å². The second-order valence-corrected chi connectivity index (χ2v) is 6.78. The van der Waals surface area contributed by atoms with Crippen molar-refractivity contribution in [3.05, 3.63) is 65.5 Å². The molecule has 0 aliphatic carbocycles. The third kappa shape index (κ3) is 5.08. The molecule has 0 spiro atoms. The van der Waals surface area contributed by atoms with Gasteiger partial charge in [0.2, 0.25) is 5.88 Å². The molecule has 1 unspecified atom stereocenters. The van der Waals surface area contributed by atoms with Crippen LogP contribution in [-0.4, -0.2) is 34.9 Å². The van der Waals surface area contributed by atoms with E-state index in [1.54, 1.807) is 54.4 Å². The highest BCUT2D eigenvalue weighted by Crippen LogP contribution is 2.35. The molecule has 1 aliphatic rings. The number of aliphatic carboxylic acids is 1. The summed E-state index contributed by atoms with van der Waals surface area (Å²) < 4.78 is 42.7. The molecule has 0 radical (unpaired) electrons. The standard InChI is InChI=1S/C20H16ClF3N2O3/c1-12-8-14(19(27)28)6-7-26(12)16-9-17(13-2-4-15(21)5-3-13)18(25-10-16)29-11-20(22,23)24/h2-10,12H,11H2,1H3,(H,27,28). The molecule has 1 N–H and O–H groups in total. The monoisotopic (exact) mass is 424 g/mol. The zero-order valence-corrected chi connectivity index (χ0v) is 15.9. The average molecular weight is 425 g/mol. The molecule has 1 aromatic heterocycles. The Kier molecular flexibility index (Phi) is 5.83. The predicted octanol–water partition coefficient (Wildman–Crippen LogP) is 5.08. The Morgan fingerprint density at radius 3 is 2.59 bits per heavy atom. The van der Waals surface area contributed by atoms with Crippen LogP contribution in [-0.2, 0) is 4.79 Å². The number of nitrogens with zero attached hydrogens (tertiary/aromatic N) is 2. The SMILES string of the molecule is CC1C=C(C(=O)O)C=CN1c1cnc(OCC(F)(F)F)c(-c2ccc(Cl)cc2)c1. The van der Waals surface area contributed by atoms with Crippen LogP contribution in [0.25, 0.3) is 11.1 Å². The van der Waals surface area contributed by atoms with Crippen molar-refractivity contribution < 1.29 is 27.8 Å². The van der Waals surface area contributed by atoms with Gasteiger partial charge in [-0.1, -0.05) is 23.7 Å². The molecule has 29 heavy (non-hydrogen) atoms. The highest BCUT2D eigenvalue weighted by Gasteiger charge is 2.29. The maximum Gasteiger partial charge on any atom is 0.422 e. The largest absolute Gasteiger partial charge is 0.478 e. The number of carboxylic acid groups (broad SMARTS) is 1. The maximum absolute atomic E-state index is 12.6. The third-order valence-corrected chi connectivity index (χ3v) is 4.44. The summed E-state index contributed by atoms with van der Waals surface area (Å²) in [5, 5.41) is 9.60. The van der Waals surface area contributed by atoms with Gasteiger partial charge < -0.3 is 14.7 Å². The number of carboxylic acids is 1. The highest BCUT2D eigenvalue weighted by molar-refractivity contribution is 6.30. The fraction of sp³-hybridized carbons (Fsp3) is 0.200. The van der Waals surface area contributed by atoms with E-state index >= 15 is 0 Å². The molecule has 0 bridgehead atoms. The van der Waals surface area contributed by atoms with Crippen LogP contribution in [0, 0.1) is 0 Å². The van der Waals surface area contributed by atoms with E-state index in [9.17, 15) is 18.0 Å². The summed E-state index contributed by atoms with van der Waals surface area (Å²) >= 11 is 5.90. The number of halogens is 4. The molecule has 1 aromatic carbocycles. The van der Waals surface area contributed by atoms with Crippen molar-refractivity contribution >= 4 is 23.3 Å². The van der Waals surface area contributed by atoms with Crippen molar-refractivity contribution in [3.8, 4) is 17.0 Å². The van der Waals surface area contributed by atoms with Crippen molar-refractivity contribution in [2.24, 2.45) is 0 Å². The van der Waals surface area contributed by atoms with Crippen LogP contribution in [0.4, 0.5) is 18.9 Å². The van der Waals surface area contributed by atoms with Crippen molar-refractivity contribution in [2.45, 2.75) is 19.1 Å². The van der Waals surface area contributed by atoms with Crippen LogP contribution in [0.3, 0.4) is 0 Å².